The van der Waals surface area contributed by atoms with Crippen LogP contribution in [0.25, 0.3) is 0 Å². The van der Waals surface area contributed by atoms with Gasteiger partial charge in [-0.25, -0.2) is 0 Å². The molecule has 4 heteroatoms. The van der Waals surface area contributed by atoms with E-state index in [4.69, 9.17) is 5.84 Å². The van der Waals surface area contributed by atoms with Crippen LogP contribution in [0.3, 0.4) is 0 Å². The van der Waals surface area contributed by atoms with E-state index in [1.807, 2.05) is 29.6 Å². The Balaban J connectivity index is 2.48. The summed E-state index contributed by atoms with van der Waals surface area (Å²) in [5, 5.41) is 2.03. The van der Waals surface area contributed by atoms with E-state index in [1.54, 1.807) is 0 Å². The second kappa shape index (κ2) is 5.29. The third-order valence-electron chi connectivity index (χ3n) is 2.42. The van der Waals surface area contributed by atoms with E-state index in [2.05, 4.69) is 25.9 Å². The Bertz CT molecular complexity index is 175. The van der Waals surface area contributed by atoms with Crippen molar-refractivity contribution in [2.45, 2.75) is 35.6 Å². The molecule has 1 aliphatic heterocycles. The zero-order chi connectivity index (χ0) is 9.84. The van der Waals surface area contributed by atoms with Crippen molar-refractivity contribution in [2.75, 3.05) is 5.75 Å². The maximum atomic E-state index is 5.45. The minimum Gasteiger partial charge on any atom is -0.271 e. The molecular weight excluding hydrogens is 200 g/mol. The second-order valence-corrected chi connectivity index (χ2v) is 6.38. The molecule has 1 saturated heterocycles. The average molecular weight is 218 g/mol. The molecule has 76 valence electrons. The molecule has 0 bridgehead atoms. The van der Waals surface area contributed by atoms with Crippen molar-refractivity contribution in [1.82, 2.24) is 5.43 Å². The van der Waals surface area contributed by atoms with Gasteiger partial charge in [0.1, 0.15) is 0 Å². The zero-order valence-corrected chi connectivity index (χ0v) is 9.83. The van der Waals surface area contributed by atoms with Crippen LogP contribution in [0.4, 0.5) is 0 Å². The average Bonchev–Trinajstić information content (AvgIpc) is 2.13. The Morgan fingerprint density at radius 3 is 2.69 bits per heavy atom. The molecule has 0 amide bonds. The number of hydrazine groups is 1. The van der Waals surface area contributed by atoms with Crippen molar-refractivity contribution in [1.29, 1.82) is 0 Å². The third-order valence-corrected chi connectivity index (χ3v) is 5.94. The van der Waals surface area contributed by atoms with Crippen LogP contribution in [0.5, 0.6) is 0 Å². The summed E-state index contributed by atoms with van der Waals surface area (Å²) in [6.07, 6.45) is 1.90. The number of hydrogen-bond acceptors (Lipinski definition) is 4. The summed E-state index contributed by atoms with van der Waals surface area (Å²) in [6, 6.07) is 0.243. The molecule has 13 heavy (non-hydrogen) atoms. The van der Waals surface area contributed by atoms with Gasteiger partial charge in [0, 0.05) is 21.5 Å². The molecule has 0 aromatic rings. The second-order valence-electron chi connectivity index (χ2n) is 3.35. The minimum atomic E-state index is 0.243. The summed E-state index contributed by atoms with van der Waals surface area (Å²) in [5.41, 5.74) is 2.80. The summed E-state index contributed by atoms with van der Waals surface area (Å²) < 4.78 is 0. The van der Waals surface area contributed by atoms with E-state index in [0.29, 0.717) is 10.5 Å². The molecule has 0 radical (unpaired) electrons. The molecule has 0 aliphatic carbocycles. The first-order valence-corrected chi connectivity index (χ1v) is 6.54. The molecule has 1 rings (SSSR count). The van der Waals surface area contributed by atoms with Crippen molar-refractivity contribution >= 4 is 23.5 Å². The van der Waals surface area contributed by atoms with Gasteiger partial charge in [0.2, 0.25) is 0 Å². The van der Waals surface area contributed by atoms with Crippen LogP contribution >= 0.6 is 23.5 Å². The standard InChI is InChI=1S/C9H18N2S2/c1-4-8(11-10)9-5-12-6(2)7(3)13-9/h4,6-9,11H,1,5,10H2,2-3H3. The number of nitrogens with two attached hydrogens (primary N) is 1. The van der Waals surface area contributed by atoms with Crippen molar-refractivity contribution in [3.05, 3.63) is 12.7 Å². The number of nitrogens with one attached hydrogen (secondary N) is 1. The van der Waals surface area contributed by atoms with Crippen LogP contribution in [0.15, 0.2) is 12.7 Å². The van der Waals surface area contributed by atoms with Gasteiger partial charge in [-0.1, -0.05) is 19.9 Å². The van der Waals surface area contributed by atoms with Crippen LogP contribution in [0, 0.1) is 0 Å². The Labute approximate surface area is 89.1 Å². The topological polar surface area (TPSA) is 38.0 Å². The highest BCUT2D eigenvalue weighted by molar-refractivity contribution is 8.07. The van der Waals surface area contributed by atoms with Crippen LogP contribution in [0.1, 0.15) is 13.8 Å². The molecule has 3 N–H and O–H groups in total. The predicted molar refractivity (Wildman–Crippen MR) is 64.1 cm³/mol. The molecule has 4 unspecified atom stereocenters. The molecule has 1 fully saturated rings. The fraction of sp³-hybridized carbons (Fsp3) is 0.778. The summed E-state index contributed by atoms with van der Waals surface area (Å²) in [7, 11) is 0. The van der Waals surface area contributed by atoms with Crippen LogP contribution in [0.2, 0.25) is 0 Å². The highest BCUT2D eigenvalue weighted by Crippen LogP contribution is 2.36. The quantitative estimate of drug-likeness (QED) is 0.429. The predicted octanol–water partition coefficient (Wildman–Crippen LogP) is 1.63. The van der Waals surface area contributed by atoms with E-state index < -0.39 is 0 Å². The van der Waals surface area contributed by atoms with Gasteiger partial charge in [0.05, 0.1) is 6.04 Å². The van der Waals surface area contributed by atoms with Gasteiger partial charge < -0.3 is 0 Å². The van der Waals surface area contributed by atoms with E-state index in [0.717, 1.165) is 11.0 Å². The number of hydrogen-bond donors (Lipinski definition) is 2. The molecule has 2 nitrogen and oxygen atoms in total. The molecule has 0 spiro atoms. The molecule has 1 aliphatic rings. The van der Waals surface area contributed by atoms with Gasteiger partial charge >= 0.3 is 0 Å². The van der Waals surface area contributed by atoms with Crippen molar-refractivity contribution in [2.24, 2.45) is 5.84 Å². The van der Waals surface area contributed by atoms with Crippen LogP contribution in [-0.2, 0) is 0 Å². The maximum Gasteiger partial charge on any atom is 0.0514 e. The fourth-order valence-electron chi connectivity index (χ4n) is 1.32. The lowest BCUT2D eigenvalue weighted by Gasteiger charge is -2.34. The first kappa shape index (κ1) is 11.4. The van der Waals surface area contributed by atoms with Gasteiger partial charge in [-0.2, -0.15) is 23.5 Å². The van der Waals surface area contributed by atoms with Gasteiger partial charge in [0.15, 0.2) is 0 Å². The molecular formula is C9H18N2S2. The van der Waals surface area contributed by atoms with E-state index in [9.17, 15) is 0 Å². The monoisotopic (exact) mass is 218 g/mol. The van der Waals surface area contributed by atoms with Gasteiger partial charge in [-0.15, -0.1) is 6.58 Å². The lowest BCUT2D eigenvalue weighted by atomic mass is 10.2. The van der Waals surface area contributed by atoms with Crippen molar-refractivity contribution in [3.63, 3.8) is 0 Å². The Morgan fingerprint density at radius 2 is 2.23 bits per heavy atom. The molecule has 4 atom stereocenters. The molecule has 0 saturated carbocycles. The molecule has 0 aromatic heterocycles. The zero-order valence-electron chi connectivity index (χ0n) is 8.19. The Hall–Kier alpha value is 0.360. The SMILES string of the molecule is C=CC(NN)C1CSC(C)C(C)S1. The molecule has 0 aromatic carbocycles. The minimum absolute atomic E-state index is 0.243. The Morgan fingerprint density at radius 1 is 1.54 bits per heavy atom. The summed E-state index contributed by atoms with van der Waals surface area (Å²) in [4.78, 5) is 0. The van der Waals surface area contributed by atoms with Gasteiger partial charge in [-0.05, 0) is 0 Å². The van der Waals surface area contributed by atoms with Crippen LogP contribution in [-0.4, -0.2) is 27.5 Å². The van der Waals surface area contributed by atoms with E-state index in [1.165, 1.54) is 0 Å². The van der Waals surface area contributed by atoms with E-state index in [-0.39, 0.29) is 6.04 Å². The lowest BCUT2D eigenvalue weighted by Crippen LogP contribution is -2.45. The third kappa shape index (κ3) is 2.91. The smallest absolute Gasteiger partial charge is 0.0514 e. The summed E-state index contributed by atoms with van der Waals surface area (Å²) in [5.74, 6) is 6.61. The first-order chi connectivity index (χ1) is 6.19. The van der Waals surface area contributed by atoms with Crippen molar-refractivity contribution in [3.8, 4) is 0 Å². The van der Waals surface area contributed by atoms with Gasteiger partial charge in [0.25, 0.3) is 0 Å². The first-order valence-electron chi connectivity index (χ1n) is 4.54. The maximum absolute atomic E-state index is 5.45. The normalized spacial score (nSPS) is 37.0. The Kier molecular flexibility index (Phi) is 4.66. The number of thioether (sulfide) groups is 2. The van der Waals surface area contributed by atoms with Crippen LogP contribution < -0.4 is 11.3 Å². The van der Waals surface area contributed by atoms with Gasteiger partial charge in [-0.3, -0.25) is 11.3 Å². The van der Waals surface area contributed by atoms with Crippen molar-refractivity contribution < 1.29 is 0 Å². The number of rotatable bonds is 3. The summed E-state index contributed by atoms with van der Waals surface area (Å²) >= 11 is 4.05. The lowest BCUT2D eigenvalue weighted by molar-refractivity contribution is 0.614. The van der Waals surface area contributed by atoms with E-state index >= 15 is 0 Å². The highest BCUT2D eigenvalue weighted by Gasteiger charge is 2.29. The largest absolute Gasteiger partial charge is 0.271 e. The molecule has 1 heterocycles. The highest BCUT2D eigenvalue weighted by atomic mass is 32.2. The summed E-state index contributed by atoms with van der Waals surface area (Å²) in [6.45, 7) is 8.36. The fourth-order valence-corrected chi connectivity index (χ4v) is 4.40.